The molecule has 27 heavy (non-hydrogen) atoms. The van der Waals surface area contributed by atoms with Gasteiger partial charge in [-0.1, -0.05) is 18.0 Å². The normalized spacial score (nSPS) is 23.9. The van der Waals surface area contributed by atoms with E-state index in [2.05, 4.69) is 26.4 Å². The second-order valence-electron chi connectivity index (χ2n) is 7.79. The van der Waals surface area contributed by atoms with Gasteiger partial charge in [-0.25, -0.2) is 4.98 Å². The van der Waals surface area contributed by atoms with E-state index in [4.69, 9.17) is 14.2 Å². The van der Waals surface area contributed by atoms with Crippen LogP contribution in [0.2, 0.25) is 0 Å². The van der Waals surface area contributed by atoms with Gasteiger partial charge in [-0.2, -0.15) is 4.98 Å². The van der Waals surface area contributed by atoms with Gasteiger partial charge >= 0.3 is 0 Å². The molecule has 1 saturated carbocycles. The second-order valence-corrected chi connectivity index (χ2v) is 7.79. The summed E-state index contributed by atoms with van der Waals surface area (Å²) in [5.41, 5.74) is 1.97. The molecule has 1 aliphatic heterocycles. The van der Waals surface area contributed by atoms with Crippen LogP contribution in [-0.2, 0) is 4.74 Å². The highest BCUT2D eigenvalue weighted by molar-refractivity contribution is 5.70. The third kappa shape index (κ3) is 3.99. The van der Waals surface area contributed by atoms with Gasteiger partial charge in [0.2, 0.25) is 0 Å². The average molecular weight is 371 g/mol. The molecule has 146 valence electrons. The molecule has 2 aliphatic rings. The fourth-order valence-corrected chi connectivity index (χ4v) is 4.31. The Balaban J connectivity index is 1.54. The molecule has 2 aromatic heterocycles. The summed E-state index contributed by atoms with van der Waals surface area (Å²) in [6, 6.07) is 3.11. The van der Waals surface area contributed by atoms with E-state index in [1.807, 2.05) is 27.2 Å². The molecule has 0 amide bonds. The Kier molecular flexibility index (Phi) is 5.41. The summed E-state index contributed by atoms with van der Waals surface area (Å²) in [4.78, 5) is 11.4. The zero-order chi connectivity index (χ0) is 18.8. The number of rotatable bonds is 5. The third-order valence-electron chi connectivity index (χ3n) is 5.73. The van der Waals surface area contributed by atoms with Gasteiger partial charge in [-0.3, -0.25) is 0 Å². The largest absolute Gasteiger partial charge is 0.378 e. The minimum Gasteiger partial charge on any atom is -0.378 e. The summed E-state index contributed by atoms with van der Waals surface area (Å²) in [6.45, 7) is 5.59. The van der Waals surface area contributed by atoms with Gasteiger partial charge in [0, 0.05) is 38.5 Å². The van der Waals surface area contributed by atoms with Crippen LogP contribution in [0.4, 0.5) is 5.82 Å². The SMILES string of the molecule is CO[C@@H]1CN(c2ncc(C)cc2-c2nc(C)no2)CCC1NC1CCCC1. The van der Waals surface area contributed by atoms with Crippen LogP contribution in [0.3, 0.4) is 0 Å². The van der Waals surface area contributed by atoms with Crippen molar-refractivity contribution in [3.8, 4) is 11.5 Å². The predicted molar refractivity (Wildman–Crippen MR) is 104 cm³/mol. The molecule has 0 bridgehead atoms. The number of pyridine rings is 1. The van der Waals surface area contributed by atoms with E-state index in [0.29, 0.717) is 23.8 Å². The molecule has 2 fully saturated rings. The molecule has 7 nitrogen and oxygen atoms in total. The number of nitrogens with one attached hydrogen (secondary N) is 1. The molecule has 4 rings (SSSR count). The summed E-state index contributed by atoms with van der Waals surface area (Å²) in [6.07, 6.45) is 8.33. The van der Waals surface area contributed by atoms with E-state index in [9.17, 15) is 0 Å². The first-order valence-corrected chi connectivity index (χ1v) is 9.95. The summed E-state index contributed by atoms with van der Waals surface area (Å²) >= 11 is 0. The van der Waals surface area contributed by atoms with E-state index < -0.39 is 0 Å². The maximum absolute atomic E-state index is 5.86. The highest BCUT2D eigenvalue weighted by atomic mass is 16.5. The number of hydrogen-bond acceptors (Lipinski definition) is 7. The molecule has 1 unspecified atom stereocenters. The Bertz CT molecular complexity index is 771. The lowest BCUT2D eigenvalue weighted by atomic mass is 9.99. The topological polar surface area (TPSA) is 76.3 Å². The van der Waals surface area contributed by atoms with Crippen LogP contribution < -0.4 is 10.2 Å². The van der Waals surface area contributed by atoms with Crippen molar-refractivity contribution in [2.45, 2.75) is 64.1 Å². The van der Waals surface area contributed by atoms with Crippen LogP contribution >= 0.6 is 0 Å². The van der Waals surface area contributed by atoms with Crippen LogP contribution in [-0.4, -0.2) is 53.5 Å². The molecule has 1 N–H and O–H groups in total. The number of piperidine rings is 1. The van der Waals surface area contributed by atoms with E-state index in [1.54, 1.807) is 0 Å². The lowest BCUT2D eigenvalue weighted by Crippen LogP contribution is -2.55. The minimum atomic E-state index is 0.139. The zero-order valence-electron chi connectivity index (χ0n) is 16.4. The van der Waals surface area contributed by atoms with Gasteiger partial charge in [-0.05, 0) is 44.7 Å². The van der Waals surface area contributed by atoms with Crippen LogP contribution in [0.25, 0.3) is 11.5 Å². The molecule has 2 aromatic rings. The summed E-state index contributed by atoms with van der Waals surface area (Å²) < 4.78 is 11.3. The molecule has 2 atom stereocenters. The van der Waals surface area contributed by atoms with Crippen LogP contribution in [0, 0.1) is 13.8 Å². The first kappa shape index (κ1) is 18.4. The molecule has 1 saturated heterocycles. The van der Waals surface area contributed by atoms with Crippen LogP contribution in [0.1, 0.15) is 43.5 Å². The van der Waals surface area contributed by atoms with E-state index in [0.717, 1.165) is 36.5 Å². The number of aromatic nitrogens is 3. The smallest absolute Gasteiger partial charge is 0.261 e. The lowest BCUT2D eigenvalue weighted by molar-refractivity contribution is 0.0558. The van der Waals surface area contributed by atoms with E-state index in [1.165, 1.54) is 25.7 Å². The number of ether oxygens (including phenoxy) is 1. The van der Waals surface area contributed by atoms with Crippen molar-refractivity contribution >= 4 is 5.82 Å². The van der Waals surface area contributed by atoms with Crippen molar-refractivity contribution in [3.05, 3.63) is 23.7 Å². The van der Waals surface area contributed by atoms with Gasteiger partial charge in [-0.15, -0.1) is 0 Å². The summed E-state index contributed by atoms with van der Waals surface area (Å²) in [7, 11) is 1.81. The van der Waals surface area contributed by atoms with Crippen molar-refractivity contribution in [3.63, 3.8) is 0 Å². The Morgan fingerprint density at radius 3 is 2.74 bits per heavy atom. The van der Waals surface area contributed by atoms with Gasteiger partial charge in [0.05, 0.1) is 11.7 Å². The van der Waals surface area contributed by atoms with E-state index >= 15 is 0 Å². The Labute approximate surface area is 160 Å². The summed E-state index contributed by atoms with van der Waals surface area (Å²) in [5.74, 6) is 2.05. The first-order valence-electron chi connectivity index (χ1n) is 9.95. The van der Waals surface area contributed by atoms with Crippen molar-refractivity contribution in [1.82, 2.24) is 20.4 Å². The molecule has 1 aliphatic carbocycles. The molecule has 0 aromatic carbocycles. The van der Waals surface area contributed by atoms with Gasteiger partial charge < -0.3 is 19.5 Å². The Morgan fingerprint density at radius 2 is 2.04 bits per heavy atom. The lowest BCUT2D eigenvalue weighted by Gasteiger charge is -2.40. The molecule has 0 radical (unpaired) electrons. The Hall–Kier alpha value is -1.99. The minimum absolute atomic E-state index is 0.139. The fourth-order valence-electron chi connectivity index (χ4n) is 4.31. The summed E-state index contributed by atoms with van der Waals surface area (Å²) in [5, 5.41) is 7.78. The fraction of sp³-hybridized carbons (Fsp3) is 0.650. The average Bonchev–Trinajstić information content (AvgIpc) is 3.34. The number of aryl methyl sites for hydroxylation is 2. The highest BCUT2D eigenvalue weighted by Crippen LogP contribution is 2.31. The first-order chi connectivity index (χ1) is 13.1. The zero-order valence-corrected chi connectivity index (χ0v) is 16.4. The number of anilines is 1. The molecule has 7 heteroatoms. The molecular weight excluding hydrogens is 342 g/mol. The number of hydrogen-bond donors (Lipinski definition) is 1. The van der Waals surface area contributed by atoms with Gasteiger partial charge in [0.1, 0.15) is 5.82 Å². The highest BCUT2D eigenvalue weighted by Gasteiger charge is 2.33. The van der Waals surface area contributed by atoms with E-state index in [-0.39, 0.29) is 6.10 Å². The van der Waals surface area contributed by atoms with Crippen LogP contribution in [0.15, 0.2) is 16.8 Å². The van der Waals surface area contributed by atoms with Crippen molar-refractivity contribution in [2.75, 3.05) is 25.1 Å². The van der Waals surface area contributed by atoms with Crippen molar-refractivity contribution in [2.24, 2.45) is 0 Å². The quantitative estimate of drug-likeness (QED) is 0.866. The van der Waals surface area contributed by atoms with Gasteiger partial charge in [0.15, 0.2) is 5.82 Å². The number of methoxy groups -OCH3 is 1. The second kappa shape index (κ2) is 7.94. The van der Waals surface area contributed by atoms with Crippen molar-refractivity contribution in [1.29, 1.82) is 0 Å². The monoisotopic (exact) mass is 371 g/mol. The standard InChI is InChI=1S/C20H29N5O2/c1-13-10-16(20-22-14(2)24-27-20)19(21-11-13)25-9-8-17(18(12-25)26-3)23-15-6-4-5-7-15/h10-11,15,17-18,23H,4-9,12H2,1-3H3/t17?,18-/m1/s1. The molecular formula is C20H29N5O2. The molecule has 0 spiro atoms. The predicted octanol–water partition coefficient (Wildman–Crippen LogP) is 2.87. The third-order valence-corrected chi connectivity index (χ3v) is 5.73. The van der Waals surface area contributed by atoms with Gasteiger partial charge in [0.25, 0.3) is 5.89 Å². The number of nitrogens with zero attached hydrogens (tertiary/aromatic N) is 4. The molecule has 3 heterocycles. The maximum atomic E-state index is 5.86. The maximum Gasteiger partial charge on any atom is 0.261 e. The van der Waals surface area contributed by atoms with Crippen LogP contribution in [0.5, 0.6) is 0 Å². The van der Waals surface area contributed by atoms with Crippen molar-refractivity contribution < 1.29 is 9.26 Å². The Morgan fingerprint density at radius 1 is 1.22 bits per heavy atom.